The molecule has 0 saturated carbocycles. The summed E-state index contributed by atoms with van der Waals surface area (Å²) in [5.74, 6) is -1.71. The predicted molar refractivity (Wildman–Crippen MR) is 47.6 cm³/mol. The van der Waals surface area contributed by atoms with Crippen molar-refractivity contribution in [1.82, 2.24) is 5.01 Å². The number of hydrazone groups is 1. The molecule has 0 aromatic heterocycles. The number of ether oxygens (including phenoxy) is 2. The van der Waals surface area contributed by atoms with E-state index in [0.29, 0.717) is 6.54 Å². The molecule has 1 heterocycles. The molecule has 14 heavy (non-hydrogen) atoms. The highest BCUT2D eigenvalue weighted by atomic mass is 16.5. The molecular formula is C8H12N2O4. The summed E-state index contributed by atoms with van der Waals surface area (Å²) in [6, 6.07) is 0. The molecule has 0 aliphatic carbocycles. The summed E-state index contributed by atoms with van der Waals surface area (Å²) < 4.78 is 9.06. The maximum atomic E-state index is 11.3. The summed E-state index contributed by atoms with van der Waals surface area (Å²) in [4.78, 5) is 22.5. The number of methoxy groups -OCH3 is 2. The van der Waals surface area contributed by atoms with Crippen LogP contribution in [-0.4, -0.2) is 50.5 Å². The predicted octanol–water partition coefficient (Wildman–Crippen LogP) is -0.750. The zero-order valence-electron chi connectivity index (χ0n) is 8.31. The first-order valence-electron chi connectivity index (χ1n) is 4.06. The van der Waals surface area contributed by atoms with Gasteiger partial charge >= 0.3 is 11.9 Å². The molecule has 0 saturated heterocycles. The molecule has 0 bridgehead atoms. The normalized spacial score (nSPS) is 20.4. The van der Waals surface area contributed by atoms with E-state index >= 15 is 0 Å². The number of hydrogen-bond donors (Lipinski definition) is 0. The monoisotopic (exact) mass is 200 g/mol. The van der Waals surface area contributed by atoms with Crippen molar-refractivity contribution in [2.24, 2.45) is 11.0 Å². The van der Waals surface area contributed by atoms with Crippen molar-refractivity contribution in [3.63, 3.8) is 0 Å². The van der Waals surface area contributed by atoms with Crippen molar-refractivity contribution in [2.45, 2.75) is 0 Å². The van der Waals surface area contributed by atoms with E-state index in [4.69, 9.17) is 0 Å². The van der Waals surface area contributed by atoms with Gasteiger partial charge in [0.2, 0.25) is 0 Å². The van der Waals surface area contributed by atoms with E-state index in [-0.39, 0.29) is 5.71 Å². The van der Waals surface area contributed by atoms with Crippen LogP contribution in [0.1, 0.15) is 0 Å². The third-order valence-corrected chi connectivity index (χ3v) is 1.94. The largest absolute Gasteiger partial charge is 0.468 e. The van der Waals surface area contributed by atoms with Crippen LogP contribution in [0.2, 0.25) is 0 Å². The first-order valence-corrected chi connectivity index (χ1v) is 4.06. The standard InChI is InChI=1S/C8H12N2O4/c1-10-4-5(7(11)13-2)6(9-10)8(12)14-3/h5H,4H2,1-3H3. The number of rotatable bonds is 2. The molecule has 1 rings (SSSR count). The molecule has 6 nitrogen and oxygen atoms in total. The van der Waals surface area contributed by atoms with Gasteiger partial charge < -0.3 is 9.47 Å². The summed E-state index contributed by atoms with van der Waals surface area (Å²) >= 11 is 0. The lowest BCUT2D eigenvalue weighted by molar-refractivity contribution is -0.144. The van der Waals surface area contributed by atoms with Gasteiger partial charge in [0, 0.05) is 7.05 Å². The van der Waals surface area contributed by atoms with E-state index in [0.717, 1.165) is 0 Å². The van der Waals surface area contributed by atoms with E-state index in [9.17, 15) is 9.59 Å². The molecule has 0 spiro atoms. The number of carbonyl (C=O) groups excluding carboxylic acids is 2. The lowest BCUT2D eigenvalue weighted by Crippen LogP contribution is -2.31. The van der Waals surface area contributed by atoms with Gasteiger partial charge in [0.05, 0.1) is 20.8 Å². The van der Waals surface area contributed by atoms with Gasteiger partial charge in [-0.3, -0.25) is 9.80 Å². The second kappa shape index (κ2) is 4.08. The molecule has 0 fully saturated rings. The fraction of sp³-hybridized carbons (Fsp3) is 0.625. The fourth-order valence-electron chi connectivity index (χ4n) is 1.26. The van der Waals surface area contributed by atoms with Crippen LogP contribution in [0.3, 0.4) is 0 Å². The summed E-state index contributed by atoms with van der Waals surface area (Å²) in [6.45, 7) is 0.344. The molecule has 0 aromatic rings. The Balaban J connectivity index is 2.84. The molecule has 0 N–H and O–H groups in total. The van der Waals surface area contributed by atoms with E-state index in [1.165, 1.54) is 19.2 Å². The number of carbonyl (C=O) groups is 2. The first-order chi connectivity index (χ1) is 6.60. The Bertz CT molecular complexity index is 287. The molecular weight excluding hydrogens is 188 g/mol. The highest BCUT2D eigenvalue weighted by Gasteiger charge is 2.36. The molecule has 1 atom stereocenters. The van der Waals surface area contributed by atoms with E-state index in [2.05, 4.69) is 14.6 Å². The van der Waals surface area contributed by atoms with Gasteiger partial charge in [0.25, 0.3) is 0 Å². The number of nitrogens with zero attached hydrogens (tertiary/aromatic N) is 2. The summed E-state index contributed by atoms with van der Waals surface area (Å²) in [7, 11) is 4.19. The van der Waals surface area contributed by atoms with Gasteiger partial charge in [-0.15, -0.1) is 0 Å². The molecule has 0 radical (unpaired) electrons. The molecule has 1 aliphatic rings. The Morgan fingerprint density at radius 1 is 1.43 bits per heavy atom. The minimum absolute atomic E-state index is 0.0989. The van der Waals surface area contributed by atoms with Crippen LogP contribution >= 0.6 is 0 Å². The minimum atomic E-state index is -0.641. The zero-order chi connectivity index (χ0) is 10.7. The fourth-order valence-corrected chi connectivity index (χ4v) is 1.26. The van der Waals surface area contributed by atoms with Crippen molar-refractivity contribution >= 4 is 17.7 Å². The topological polar surface area (TPSA) is 68.2 Å². The van der Waals surface area contributed by atoms with Crippen molar-refractivity contribution in [2.75, 3.05) is 27.8 Å². The van der Waals surface area contributed by atoms with Gasteiger partial charge in [-0.25, -0.2) is 4.79 Å². The lowest BCUT2D eigenvalue weighted by atomic mass is 10.1. The highest BCUT2D eigenvalue weighted by Crippen LogP contribution is 2.14. The number of hydrogen-bond acceptors (Lipinski definition) is 6. The first kappa shape index (κ1) is 10.5. The Morgan fingerprint density at radius 2 is 2.07 bits per heavy atom. The van der Waals surface area contributed by atoms with Gasteiger partial charge in [-0.2, -0.15) is 5.10 Å². The SMILES string of the molecule is COC(=O)C1=NN(C)CC1C(=O)OC. The quantitative estimate of drug-likeness (QED) is 0.548. The molecule has 0 aromatic carbocycles. The minimum Gasteiger partial charge on any atom is -0.468 e. The summed E-state index contributed by atoms with van der Waals surface area (Å²) in [6.07, 6.45) is 0. The second-order valence-corrected chi connectivity index (χ2v) is 2.89. The Morgan fingerprint density at radius 3 is 2.57 bits per heavy atom. The van der Waals surface area contributed by atoms with Crippen LogP contribution in [-0.2, 0) is 19.1 Å². The van der Waals surface area contributed by atoms with Crippen molar-refractivity contribution in [3.8, 4) is 0 Å². The molecule has 78 valence electrons. The van der Waals surface area contributed by atoms with Gasteiger partial charge in [0.1, 0.15) is 5.92 Å². The second-order valence-electron chi connectivity index (χ2n) is 2.89. The van der Waals surface area contributed by atoms with Crippen LogP contribution in [0.5, 0.6) is 0 Å². The molecule has 6 heteroatoms. The van der Waals surface area contributed by atoms with Gasteiger partial charge in [-0.05, 0) is 0 Å². The highest BCUT2D eigenvalue weighted by molar-refractivity contribution is 6.41. The Hall–Kier alpha value is -1.59. The van der Waals surface area contributed by atoms with Crippen molar-refractivity contribution in [3.05, 3.63) is 0 Å². The zero-order valence-corrected chi connectivity index (χ0v) is 8.31. The third kappa shape index (κ3) is 1.84. The van der Waals surface area contributed by atoms with Crippen molar-refractivity contribution in [1.29, 1.82) is 0 Å². The Kier molecular flexibility index (Phi) is 3.06. The van der Waals surface area contributed by atoms with E-state index in [1.807, 2.05) is 0 Å². The van der Waals surface area contributed by atoms with Crippen molar-refractivity contribution < 1.29 is 19.1 Å². The van der Waals surface area contributed by atoms with Gasteiger partial charge in [-0.1, -0.05) is 0 Å². The van der Waals surface area contributed by atoms with Crippen LogP contribution < -0.4 is 0 Å². The lowest BCUT2D eigenvalue weighted by Gasteiger charge is -2.08. The molecule has 1 unspecified atom stereocenters. The van der Waals surface area contributed by atoms with Crippen LogP contribution in [0.4, 0.5) is 0 Å². The van der Waals surface area contributed by atoms with E-state index in [1.54, 1.807) is 7.05 Å². The molecule has 1 aliphatic heterocycles. The average molecular weight is 200 g/mol. The van der Waals surface area contributed by atoms with Crippen LogP contribution in [0.15, 0.2) is 5.10 Å². The van der Waals surface area contributed by atoms with Crippen LogP contribution in [0, 0.1) is 5.92 Å². The van der Waals surface area contributed by atoms with Crippen LogP contribution in [0.25, 0.3) is 0 Å². The smallest absolute Gasteiger partial charge is 0.355 e. The summed E-state index contributed by atoms with van der Waals surface area (Å²) in [5, 5.41) is 5.39. The maximum absolute atomic E-state index is 11.3. The molecule has 0 amide bonds. The third-order valence-electron chi connectivity index (χ3n) is 1.94. The maximum Gasteiger partial charge on any atom is 0.355 e. The Labute approximate surface area is 81.5 Å². The number of esters is 2. The average Bonchev–Trinajstić information content (AvgIpc) is 2.58. The summed E-state index contributed by atoms with van der Waals surface area (Å²) in [5.41, 5.74) is 0.0989. The van der Waals surface area contributed by atoms with E-state index < -0.39 is 17.9 Å². The van der Waals surface area contributed by atoms with Gasteiger partial charge in [0.15, 0.2) is 5.71 Å².